The van der Waals surface area contributed by atoms with Gasteiger partial charge >= 0.3 is 0 Å². The topological polar surface area (TPSA) is 23.8 Å². The lowest BCUT2D eigenvalue weighted by atomic mass is 9.70. The third kappa shape index (κ3) is 9.89. The van der Waals surface area contributed by atoms with Crippen molar-refractivity contribution >= 4 is 0 Å². The Kier molecular flexibility index (Phi) is 13.1. The molecule has 0 aromatic heterocycles. The van der Waals surface area contributed by atoms with Gasteiger partial charge in [-0.25, -0.2) is 0 Å². The first-order valence-corrected chi connectivity index (χ1v) is 13.7. The van der Waals surface area contributed by atoms with E-state index in [1.807, 2.05) is 0 Å². The van der Waals surface area contributed by atoms with Gasteiger partial charge in [-0.2, -0.15) is 5.26 Å². The Morgan fingerprint density at radius 1 is 0.621 bits per heavy atom. The van der Waals surface area contributed by atoms with Crippen LogP contribution in [0, 0.1) is 40.9 Å². The van der Waals surface area contributed by atoms with Gasteiger partial charge in [0.2, 0.25) is 0 Å². The van der Waals surface area contributed by atoms with Gasteiger partial charge in [0.05, 0.1) is 6.07 Å². The van der Waals surface area contributed by atoms with Crippen molar-refractivity contribution in [1.29, 1.82) is 5.26 Å². The summed E-state index contributed by atoms with van der Waals surface area (Å²) in [5.74, 6) is 3.88. The highest BCUT2D eigenvalue weighted by atomic mass is 14.4. The van der Waals surface area contributed by atoms with E-state index in [2.05, 4.69) is 19.9 Å². The summed E-state index contributed by atoms with van der Waals surface area (Å²) in [7, 11) is 0. The number of unbranched alkanes of at least 4 members (excludes halogenated alkanes) is 7. The van der Waals surface area contributed by atoms with Gasteiger partial charge in [-0.15, -0.1) is 0 Å². The Morgan fingerprint density at radius 2 is 1.07 bits per heavy atom. The second-order valence-corrected chi connectivity index (χ2v) is 10.7. The molecule has 0 radical (unpaired) electrons. The lowest BCUT2D eigenvalue weighted by Crippen LogP contribution is -2.24. The molecule has 0 spiro atoms. The third-order valence-electron chi connectivity index (χ3n) is 8.36. The number of hydrogen-bond acceptors (Lipinski definition) is 1. The van der Waals surface area contributed by atoms with Crippen LogP contribution in [0.1, 0.15) is 142 Å². The highest BCUT2D eigenvalue weighted by molar-refractivity contribution is 4.92. The fourth-order valence-corrected chi connectivity index (χ4v) is 6.24. The van der Waals surface area contributed by atoms with Gasteiger partial charge in [0, 0.05) is 5.92 Å². The Labute approximate surface area is 183 Å². The molecule has 2 rings (SSSR count). The number of hydrogen-bond donors (Lipinski definition) is 0. The van der Waals surface area contributed by atoms with Gasteiger partial charge in [-0.3, -0.25) is 0 Å². The van der Waals surface area contributed by atoms with Crippen molar-refractivity contribution in [2.24, 2.45) is 29.6 Å². The summed E-state index contributed by atoms with van der Waals surface area (Å²) >= 11 is 0. The molecule has 0 bridgehead atoms. The molecule has 0 aromatic rings. The summed E-state index contributed by atoms with van der Waals surface area (Å²) in [6.07, 6.45) is 28.1. The summed E-state index contributed by atoms with van der Waals surface area (Å²) in [6.45, 7) is 4.60. The van der Waals surface area contributed by atoms with Crippen molar-refractivity contribution in [3.63, 3.8) is 0 Å². The van der Waals surface area contributed by atoms with Crippen LogP contribution >= 0.6 is 0 Å². The molecule has 0 N–H and O–H groups in total. The molecule has 1 nitrogen and oxygen atoms in total. The fourth-order valence-electron chi connectivity index (χ4n) is 6.24. The first-order chi connectivity index (χ1) is 14.3. The maximum atomic E-state index is 9.86. The molecular formula is C28H51N. The van der Waals surface area contributed by atoms with Gasteiger partial charge in [0.15, 0.2) is 0 Å². The standard InChI is InChI=1S/C28H51N/c1-3-5-7-9-11-13-24-14-16-26(17-15-24)22-28(23-29)27-20-18-25(19-21-27)12-10-8-6-4-2/h24-28H,3-22H2,1-2H3/t24-,25-,26-,27-,28?. The quantitative estimate of drug-likeness (QED) is 0.266. The molecule has 2 saturated carbocycles. The maximum absolute atomic E-state index is 9.86. The van der Waals surface area contributed by atoms with Crippen LogP contribution in [0.15, 0.2) is 0 Å². The van der Waals surface area contributed by atoms with Crippen molar-refractivity contribution in [2.75, 3.05) is 0 Å². The normalized spacial score (nSPS) is 28.7. The Bertz CT molecular complexity index is 420. The predicted molar refractivity (Wildman–Crippen MR) is 127 cm³/mol. The largest absolute Gasteiger partial charge is 0.198 e. The monoisotopic (exact) mass is 401 g/mol. The first kappa shape index (κ1) is 24.8. The molecular weight excluding hydrogens is 350 g/mol. The lowest BCUT2D eigenvalue weighted by Gasteiger charge is -2.34. The highest BCUT2D eigenvalue weighted by Crippen LogP contribution is 2.41. The molecule has 1 unspecified atom stereocenters. The van der Waals surface area contributed by atoms with Gasteiger partial charge in [-0.05, 0) is 42.9 Å². The molecule has 1 heteroatoms. The van der Waals surface area contributed by atoms with Gasteiger partial charge in [0.25, 0.3) is 0 Å². The van der Waals surface area contributed by atoms with E-state index in [0.717, 1.165) is 17.8 Å². The van der Waals surface area contributed by atoms with Crippen LogP contribution in [0.5, 0.6) is 0 Å². The average Bonchev–Trinajstić information content (AvgIpc) is 2.76. The van der Waals surface area contributed by atoms with Crippen LogP contribution in [0.2, 0.25) is 0 Å². The van der Waals surface area contributed by atoms with Crippen molar-refractivity contribution in [1.82, 2.24) is 0 Å². The molecule has 29 heavy (non-hydrogen) atoms. The zero-order valence-electron chi connectivity index (χ0n) is 20.0. The summed E-state index contributed by atoms with van der Waals surface area (Å²) in [4.78, 5) is 0. The molecule has 0 aromatic carbocycles. The second kappa shape index (κ2) is 15.3. The van der Waals surface area contributed by atoms with Crippen molar-refractivity contribution in [3.05, 3.63) is 0 Å². The van der Waals surface area contributed by atoms with E-state index >= 15 is 0 Å². The second-order valence-electron chi connectivity index (χ2n) is 10.7. The molecule has 2 fully saturated rings. The summed E-state index contributed by atoms with van der Waals surface area (Å²) < 4.78 is 0. The molecule has 2 aliphatic carbocycles. The van der Waals surface area contributed by atoms with E-state index < -0.39 is 0 Å². The molecule has 168 valence electrons. The molecule has 2 aliphatic rings. The van der Waals surface area contributed by atoms with Crippen LogP contribution in [0.4, 0.5) is 0 Å². The minimum atomic E-state index is 0.353. The molecule has 0 aliphatic heterocycles. The van der Waals surface area contributed by atoms with E-state index in [4.69, 9.17) is 0 Å². The first-order valence-electron chi connectivity index (χ1n) is 13.7. The van der Waals surface area contributed by atoms with Crippen LogP contribution in [-0.4, -0.2) is 0 Å². The average molecular weight is 402 g/mol. The third-order valence-corrected chi connectivity index (χ3v) is 8.36. The Morgan fingerprint density at radius 3 is 1.59 bits per heavy atom. The summed E-state index contributed by atoms with van der Waals surface area (Å²) in [6, 6.07) is 2.76. The lowest BCUT2D eigenvalue weighted by molar-refractivity contribution is 0.177. The molecule has 0 heterocycles. The van der Waals surface area contributed by atoms with Crippen LogP contribution in [0.3, 0.4) is 0 Å². The van der Waals surface area contributed by atoms with E-state index in [0.29, 0.717) is 11.8 Å². The zero-order chi connectivity index (χ0) is 20.7. The predicted octanol–water partition coefficient (Wildman–Crippen LogP) is 9.46. The Balaban J connectivity index is 1.59. The van der Waals surface area contributed by atoms with Crippen LogP contribution in [0.25, 0.3) is 0 Å². The van der Waals surface area contributed by atoms with Crippen molar-refractivity contribution in [3.8, 4) is 6.07 Å². The van der Waals surface area contributed by atoms with Crippen LogP contribution in [-0.2, 0) is 0 Å². The van der Waals surface area contributed by atoms with Crippen molar-refractivity contribution < 1.29 is 0 Å². The number of nitriles is 1. The highest BCUT2D eigenvalue weighted by Gasteiger charge is 2.30. The zero-order valence-corrected chi connectivity index (χ0v) is 20.0. The van der Waals surface area contributed by atoms with Gasteiger partial charge in [-0.1, -0.05) is 123 Å². The molecule has 0 amide bonds. The number of rotatable bonds is 14. The minimum absolute atomic E-state index is 0.353. The van der Waals surface area contributed by atoms with Gasteiger partial charge < -0.3 is 0 Å². The molecule has 0 saturated heterocycles. The van der Waals surface area contributed by atoms with E-state index in [9.17, 15) is 5.26 Å². The van der Waals surface area contributed by atoms with E-state index in [1.54, 1.807) is 0 Å². The SMILES string of the molecule is CCCCCCC[C@H]1CC[C@H](CC(C#N)[C@H]2CC[C@H](CCCCCC)CC2)CC1. The van der Waals surface area contributed by atoms with E-state index in [1.165, 1.54) is 128 Å². The molecule has 1 atom stereocenters. The van der Waals surface area contributed by atoms with Crippen molar-refractivity contribution in [2.45, 2.75) is 142 Å². The summed E-state index contributed by atoms with van der Waals surface area (Å²) in [5, 5.41) is 9.86. The summed E-state index contributed by atoms with van der Waals surface area (Å²) in [5.41, 5.74) is 0. The van der Waals surface area contributed by atoms with Crippen LogP contribution < -0.4 is 0 Å². The van der Waals surface area contributed by atoms with E-state index in [-0.39, 0.29) is 0 Å². The maximum Gasteiger partial charge on any atom is 0.0658 e. The Hall–Kier alpha value is -0.510. The number of nitrogens with zero attached hydrogens (tertiary/aromatic N) is 1. The fraction of sp³-hybridized carbons (Fsp3) is 0.964. The van der Waals surface area contributed by atoms with Gasteiger partial charge in [0.1, 0.15) is 0 Å². The minimum Gasteiger partial charge on any atom is -0.198 e. The smallest absolute Gasteiger partial charge is 0.0658 e.